The largest absolute Gasteiger partial charge is 0.409 e. The average molecular weight is 344 g/mol. The minimum Gasteiger partial charge on any atom is -0.342 e. The fourth-order valence-electron chi connectivity index (χ4n) is 2.16. The third-order valence-electron chi connectivity index (χ3n) is 3.66. The predicted molar refractivity (Wildman–Crippen MR) is 85.8 cm³/mol. The van der Waals surface area contributed by atoms with Gasteiger partial charge in [0.15, 0.2) is 0 Å². The molecule has 1 aromatic carbocycles. The Morgan fingerprint density at radius 3 is 2.17 bits per heavy atom. The van der Waals surface area contributed by atoms with Crippen LogP contribution >= 0.6 is 0 Å². The van der Waals surface area contributed by atoms with Crippen LogP contribution in [-0.2, 0) is 0 Å². The number of nitrogens with one attached hydrogen (secondary N) is 1. The van der Waals surface area contributed by atoms with Crippen LogP contribution in [-0.4, -0.2) is 42.5 Å². The van der Waals surface area contributed by atoms with Crippen molar-refractivity contribution in [2.24, 2.45) is 5.41 Å². The van der Waals surface area contributed by atoms with Crippen LogP contribution in [0.2, 0.25) is 0 Å². The van der Waals surface area contributed by atoms with Gasteiger partial charge in [0.1, 0.15) is 6.04 Å². The first-order valence-electron chi connectivity index (χ1n) is 7.61. The fourth-order valence-corrected chi connectivity index (χ4v) is 2.16. The third kappa shape index (κ3) is 4.97. The summed E-state index contributed by atoms with van der Waals surface area (Å²) in [6, 6.07) is 3.70. The number of carbonyl (C=O) groups is 2. The second kappa shape index (κ2) is 7.23. The van der Waals surface area contributed by atoms with Gasteiger partial charge in [0.2, 0.25) is 0 Å². The highest BCUT2D eigenvalue weighted by molar-refractivity contribution is 5.99. The summed E-state index contributed by atoms with van der Waals surface area (Å²) in [5.41, 5.74) is -0.917. The number of rotatable bonds is 4. The lowest BCUT2D eigenvalue weighted by atomic mass is 9.86. The van der Waals surface area contributed by atoms with E-state index in [4.69, 9.17) is 0 Å². The SMILES string of the molecule is CCN(C)C(=O)c1cccc(C(=O)NC(C(C)(C)C)C(F)(F)F)c1. The molecule has 0 saturated heterocycles. The highest BCUT2D eigenvalue weighted by Gasteiger charge is 2.47. The molecule has 0 bridgehead atoms. The van der Waals surface area contributed by atoms with Gasteiger partial charge in [-0.15, -0.1) is 0 Å². The van der Waals surface area contributed by atoms with Gasteiger partial charge in [0, 0.05) is 24.7 Å². The summed E-state index contributed by atoms with van der Waals surface area (Å²) in [5, 5.41) is 2.03. The molecule has 1 N–H and O–H groups in total. The second-order valence-corrected chi connectivity index (χ2v) is 6.71. The topological polar surface area (TPSA) is 49.4 Å². The van der Waals surface area contributed by atoms with Crippen molar-refractivity contribution in [2.75, 3.05) is 13.6 Å². The monoisotopic (exact) mass is 344 g/mol. The molecule has 134 valence electrons. The van der Waals surface area contributed by atoms with Crippen LogP contribution in [0.4, 0.5) is 13.2 Å². The maximum Gasteiger partial charge on any atom is 0.409 e. The van der Waals surface area contributed by atoms with Crippen LogP contribution < -0.4 is 5.32 Å². The zero-order valence-electron chi connectivity index (χ0n) is 14.5. The number of alkyl halides is 3. The third-order valence-corrected chi connectivity index (χ3v) is 3.66. The maximum atomic E-state index is 13.2. The highest BCUT2D eigenvalue weighted by Crippen LogP contribution is 2.33. The smallest absolute Gasteiger partial charge is 0.342 e. The van der Waals surface area contributed by atoms with Gasteiger partial charge in [0.05, 0.1) is 0 Å². The van der Waals surface area contributed by atoms with Gasteiger partial charge in [-0.05, 0) is 30.5 Å². The zero-order chi connectivity index (χ0) is 18.7. The second-order valence-electron chi connectivity index (χ2n) is 6.71. The molecule has 0 aliphatic carbocycles. The Kier molecular flexibility index (Phi) is 6.03. The Balaban J connectivity index is 3.06. The lowest BCUT2D eigenvalue weighted by Gasteiger charge is -2.33. The quantitative estimate of drug-likeness (QED) is 0.909. The number of hydrogen-bond donors (Lipinski definition) is 1. The fraction of sp³-hybridized carbons (Fsp3) is 0.529. The van der Waals surface area contributed by atoms with Gasteiger partial charge >= 0.3 is 6.18 Å². The van der Waals surface area contributed by atoms with Gasteiger partial charge in [-0.2, -0.15) is 13.2 Å². The van der Waals surface area contributed by atoms with Gasteiger partial charge in [-0.3, -0.25) is 9.59 Å². The van der Waals surface area contributed by atoms with Crippen molar-refractivity contribution in [1.82, 2.24) is 10.2 Å². The Morgan fingerprint density at radius 1 is 1.17 bits per heavy atom. The lowest BCUT2D eigenvalue weighted by Crippen LogP contribution is -2.53. The molecule has 1 unspecified atom stereocenters. The first-order chi connectivity index (χ1) is 10.9. The van der Waals surface area contributed by atoms with Gasteiger partial charge < -0.3 is 10.2 Å². The summed E-state index contributed by atoms with van der Waals surface area (Å²) in [6.45, 7) is 6.49. The Bertz CT molecular complexity index is 593. The van der Waals surface area contributed by atoms with Crippen molar-refractivity contribution in [3.63, 3.8) is 0 Å². The molecule has 0 aliphatic heterocycles. The van der Waals surface area contributed by atoms with E-state index in [1.807, 2.05) is 5.32 Å². The summed E-state index contributed by atoms with van der Waals surface area (Å²) in [5.74, 6) is -1.16. The summed E-state index contributed by atoms with van der Waals surface area (Å²) in [6.07, 6.45) is -4.57. The summed E-state index contributed by atoms with van der Waals surface area (Å²) >= 11 is 0. The Morgan fingerprint density at radius 2 is 1.71 bits per heavy atom. The first kappa shape index (κ1) is 20.0. The summed E-state index contributed by atoms with van der Waals surface area (Å²) in [4.78, 5) is 25.8. The van der Waals surface area contributed by atoms with Crippen molar-refractivity contribution in [1.29, 1.82) is 0 Å². The van der Waals surface area contributed by atoms with E-state index in [0.717, 1.165) is 0 Å². The van der Waals surface area contributed by atoms with Gasteiger partial charge in [-0.1, -0.05) is 26.8 Å². The molecule has 7 heteroatoms. The van der Waals surface area contributed by atoms with E-state index in [1.54, 1.807) is 14.0 Å². The molecule has 0 saturated carbocycles. The van der Waals surface area contributed by atoms with E-state index < -0.39 is 23.5 Å². The molecule has 1 atom stereocenters. The van der Waals surface area contributed by atoms with Crippen molar-refractivity contribution in [3.05, 3.63) is 35.4 Å². The molecule has 24 heavy (non-hydrogen) atoms. The van der Waals surface area contributed by atoms with Crippen LogP contribution in [0.15, 0.2) is 24.3 Å². The molecule has 0 fully saturated rings. The molecule has 0 aromatic heterocycles. The van der Waals surface area contributed by atoms with Crippen LogP contribution in [0.5, 0.6) is 0 Å². The normalized spacial score (nSPS) is 13.3. The minimum atomic E-state index is -4.57. The molecule has 0 radical (unpaired) electrons. The van der Waals surface area contributed by atoms with Crippen molar-refractivity contribution < 1.29 is 22.8 Å². The lowest BCUT2D eigenvalue weighted by molar-refractivity contribution is -0.174. The number of nitrogens with zero attached hydrogens (tertiary/aromatic N) is 1. The van der Waals surface area contributed by atoms with E-state index in [1.165, 1.54) is 49.9 Å². The van der Waals surface area contributed by atoms with Crippen LogP contribution in [0, 0.1) is 5.41 Å². The van der Waals surface area contributed by atoms with E-state index in [9.17, 15) is 22.8 Å². The van der Waals surface area contributed by atoms with Crippen LogP contribution in [0.25, 0.3) is 0 Å². The number of amides is 2. The van der Waals surface area contributed by atoms with Crippen molar-refractivity contribution in [2.45, 2.75) is 39.9 Å². The van der Waals surface area contributed by atoms with Gasteiger partial charge in [-0.25, -0.2) is 0 Å². The molecular formula is C17H23F3N2O2. The Hall–Kier alpha value is -2.05. The molecule has 0 spiro atoms. The minimum absolute atomic E-state index is 0.0175. The summed E-state index contributed by atoms with van der Waals surface area (Å²) < 4.78 is 39.5. The average Bonchev–Trinajstić information content (AvgIpc) is 2.48. The highest BCUT2D eigenvalue weighted by atomic mass is 19.4. The predicted octanol–water partition coefficient (Wildman–Crippen LogP) is 3.49. The molecule has 1 rings (SSSR count). The summed E-state index contributed by atoms with van der Waals surface area (Å²) in [7, 11) is 1.61. The zero-order valence-corrected chi connectivity index (χ0v) is 14.5. The van der Waals surface area contributed by atoms with E-state index in [0.29, 0.717) is 6.54 Å². The molecule has 0 heterocycles. The molecular weight excluding hydrogens is 321 g/mol. The maximum absolute atomic E-state index is 13.2. The molecule has 4 nitrogen and oxygen atoms in total. The number of benzene rings is 1. The molecule has 0 aliphatic rings. The van der Waals surface area contributed by atoms with Crippen LogP contribution in [0.3, 0.4) is 0 Å². The van der Waals surface area contributed by atoms with E-state index in [-0.39, 0.29) is 17.0 Å². The number of carbonyl (C=O) groups excluding carboxylic acids is 2. The van der Waals surface area contributed by atoms with Crippen LogP contribution in [0.1, 0.15) is 48.4 Å². The number of hydrogen-bond acceptors (Lipinski definition) is 2. The van der Waals surface area contributed by atoms with Gasteiger partial charge in [0.25, 0.3) is 11.8 Å². The molecule has 2 amide bonds. The first-order valence-corrected chi connectivity index (χ1v) is 7.61. The molecule has 1 aromatic rings. The number of halogens is 3. The Labute approximate surface area is 140 Å². The standard InChI is InChI=1S/C17H23F3N2O2/c1-6-22(5)14(24)12-9-7-8-11(10-12)13(23)21-15(16(2,3)4)17(18,19)20/h7-10,15H,6H2,1-5H3,(H,21,23). The van der Waals surface area contributed by atoms with E-state index in [2.05, 4.69) is 0 Å². The van der Waals surface area contributed by atoms with E-state index >= 15 is 0 Å². The van der Waals surface area contributed by atoms with Crippen molar-refractivity contribution in [3.8, 4) is 0 Å². The van der Waals surface area contributed by atoms with Crippen molar-refractivity contribution >= 4 is 11.8 Å².